The van der Waals surface area contributed by atoms with Crippen molar-refractivity contribution in [2.45, 2.75) is 25.4 Å². The summed E-state index contributed by atoms with van der Waals surface area (Å²) in [6, 6.07) is 2.18. The number of carbonyl (C=O) groups is 1. The summed E-state index contributed by atoms with van der Waals surface area (Å²) in [5.74, 6) is 0. The van der Waals surface area contributed by atoms with E-state index in [1.54, 1.807) is 0 Å². The third-order valence-electron chi connectivity index (χ3n) is 2.49. The third kappa shape index (κ3) is 2.85. The Morgan fingerprint density at radius 2 is 1.67 bits per heavy atom. The van der Waals surface area contributed by atoms with Crippen LogP contribution in [0, 0.1) is 10.1 Å². The highest BCUT2D eigenvalue weighted by Gasteiger charge is 2.34. The second-order valence-corrected chi connectivity index (χ2v) is 4.36. The zero-order valence-electron chi connectivity index (χ0n) is 9.62. The van der Waals surface area contributed by atoms with Gasteiger partial charge < -0.3 is 4.79 Å². The molecule has 4 nitrogen and oxygen atoms in total. The summed E-state index contributed by atoms with van der Waals surface area (Å²) in [5, 5.41) is 10.6. The van der Waals surface area contributed by atoms with Crippen molar-refractivity contribution in [3.05, 3.63) is 39.4 Å². The first kappa shape index (κ1) is 14.1. The molecule has 0 fully saturated rings. The number of rotatable bonds is 3. The van der Waals surface area contributed by atoms with Gasteiger partial charge in [-0.25, -0.2) is 0 Å². The van der Waals surface area contributed by atoms with Crippen LogP contribution in [-0.4, -0.2) is 11.2 Å². The van der Waals surface area contributed by atoms with Crippen LogP contribution in [-0.2, 0) is 16.4 Å². The summed E-state index contributed by atoms with van der Waals surface area (Å²) in [4.78, 5) is 20.5. The van der Waals surface area contributed by atoms with Crippen molar-refractivity contribution in [1.82, 2.24) is 0 Å². The van der Waals surface area contributed by atoms with Gasteiger partial charge in [0.25, 0.3) is 5.69 Å². The van der Waals surface area contributed by atoms with Crippen LogP contribution in [0.1, 0.15) is 25.0 Å². The van der Waals surface area contributed by atoms with Crippen molar-refractivity contribution in [3.63, 3.8) is 0 Å². The second kappa shape index (κ2) is 4.40. The molecule has 0 amide bonds. The van der Waals surface area contributed by atoms with Crippen molar-refractivity contribution in [1.29, 1.82) is 0 Å². The van der Waals surface area contributed by atoms with Crippen LogP contribution in [0.25, 0.3) is 0 Å². The van der Waals surface area contributed by atoms with Gasteiger partial charge in [-0.2, -0.15) is 13.2 Å². The fourth-order valence-electron chi connectivity index (χ4n) is 1.32. The van der Waals surface area contributed by atoms with Gasteiger partial charge in [-0.3, -0.25) is 10.1 Å². The summed E-state index contributed by atoms with van der Waals surface area (Å²) in [6.07, 6.45) is -4.24. The summed E-state index contributed by atoms with van der Waals surface area (Å²) in [7, 11) is 0. The lowest BCUT2D eigenvalue weighted by molar-refractivity contribution is -0.385. The highest BCUT2D eigenvalue weighted by molar-refractivity contribution is 5.68. The van der Waals surface area contributed by atoms with Crippen LogP contribution < -0.4 is 0 Å². The first-order valence-electron chi connectivity index (χ1n) is 4.91. The van der Waals surface area contributed by atoms with Crippen molar-refractivity contribution >= 4 is 12.0 Å². The van der Waals surface area contributed by atoms with Crippen LogP contribution in [0.2, 0.25) is 0 Å². The lowest BCUT2D eigenvalue weighted by Gasteiger charge is -2.18. The molecule has 0 bridgehead atoms. The largest absolute Gasteiger partial charge is 0.416 e. The normalized spacial score (nSPS) is 12.3. The molecule has 0 radical (unpaired) electrons. The van der Waals surface area contributed by atoms with Gasteiger partial charge in [-0.1, -0.05) is 0 Å². The van der Waals surface area contributed by atoms with E-state index < -0.39 is 27.8 Å². The van der Waals surface area contributed by atoms with Crippen LogP contribution in [0.3, 0.4) is 0 Å². The fraction of sp³-hybridized carbons (Fsp3) is 0.364. The van der Waals surface area contributed by atoms with E-state index >= 15 is 0 Å². The number of nitro groups is 1. The Morgan fingerprint density at radius 1 is 1.17 bits per heavy atom. The zero-order valence-corrected chi connectivity index (χ0v) is 9.62. The molecule has 0 saturated heterocycles. The molecule has 0 aliphatic carbocycles. The molecule has 0 heterocycles. The predicted molar refractivity (Wildman–Crippen MR) is 57.2 cm³/mol. The smallest absolute Gasteiger partial charge is 0.302 e. The van der Waals surface area contributed by atoms with E-state index in [0.717, 1.165) is 12.1 Å². The van der Waals surface area contributed by atoms with Gasteiger partial charge in [0.05, 0.1) is 10.5 Å². The number of benzene rings is 1. The quantitative estimate of drug-likeness (QED) is 0.477. The number of nitro benzene ring substituents is 1. The molecule has 7 heteroatoms. The molecular formula is C11H10F3NO3. The van der Waals surface area contributed by atoms with E-state index in [1.807, 2.05) is 0 Å². The lowest BCUT2D eigenvalue weighted by atomic mass is 9.85. The van der Waals surface area contributed by atoms with Crippen LogP contribution >= 0.6 is 0 Å². The Hall–Kier alpha value is -1.92. The highest BCUT2D eigenvalue weighted by atomic mass is 19.4. The van der Waals surface area contributed by atoms with E-state index in [0.29, 0.717) is 12.4 Å². The predicted octanol–water partition coefficient (Wildman–Crippen LogP) is 3.09. The maximum atomic E-state index is 12.6. The molecule has 0 atom stereocenters. The van der Waals surface area contributed by atoms with Crippen molar-refractivity contribution in [2.24, 2.45) is 0 Å². The maximum absolute atomic E-state index is 12.6. The van der Waals surface area contributed by atoms with Crippen LogP contribution in [0.4, 0.5) is 18.9 Å². The van der Waals surface area contributed by atoms with E-state index in [2.05, 4.69) is 0 Å². The van der Waals surface area contributed by atoms with Crippen molar-refractivity contribution < 1.29 is 22.9 Å². The fourth-order valence-corrected chi connectivity index (χ4v) is 1.32. The van der Waals surface area contributed by atoms with E-state index in [1.165, 1.54) is 13.8 Å². The molecule has 1 aromatic carbocycles. The minimum absolute atomic E-state index is 0.0426. The van der Waals surface area contributed by atoms with Crippen molar-refractivity contribution in [2.75, 3.05) is 0 Å². The monoisotopic (exact) mass is 261 g/mol. The topological polar surface area (TPSA) is 60.2 Å². The van der Waals surface area contributed by atoms with Gasteiger partial charge >= 0.3 is 6.18 Å². The zero-order chi connectivity index (χ0) is 14.1. The van der Waals surface area contributed by atoms with Gasteiger partial charge in [0, 0.05) is 17.5 Å². The molecular weight excluding hydrogens is 251 g/mol. The summed E-state index contributed by atoms with van der Waals surface area (Å²) in [6.45, 7) is 2.78. The highest BCUT2D eigenvalue weighted by Crippen LogP contribution is 2.35. The molecule has 98 valence electrons. The number of carbonyl (C=O) groups excluding carboxylic acids is 1. The Labute approximate surface area is 101 Å². The SMILES string of the molecule is CC(C)(C=O)c1cc([N+](=O)[O-])cc(C(F)(F)F)c1. The van der Waals surface area contributed by atoms with Gasteiger partial charge in [0.15, 0.2) is 0 Å². The Balaban J connectivity index is 3.50. The number of non-ortho nitro benzene ring substituents is 1. The van der Waals surface area contributed by atoms with Gasteiger partial charge in [-0.15, -0.1) is 0 Å². The average Bonchev–Trinajstić information content (AvgIpc) is 2.27. The first-order valence-corrected chi connectivity index (χ1v) is 4.91. The molecule has 0 N–H and O–H groups in total. The lowest BCUT2D eigenvalue weighted by Crippen LogP contribution is -2.20. The Morgan fingerprint density at radius 3 is 2.06 bits per heavy atom. The molecule has 0 saturated carbocycles. The minimum atomic E-state index is -4.69. The van der Waals surface area contributed by atoms with Crippen molar-refractivity contribution in [3.8, 4) is 0 Å². The Kier molecular flexibility index (Phi) is 3.45. The molecule has 1 aromatic rings. The van der Waals surface area contributed by atoms with E-state index in [4.69, 9.17) is 0 Å². The number of hydrogen-bond donors (Lipinski definition) is 0. The molecule has 1 rings (SSSR count). The molecule has 0 unspecified atom stereocenters. The first-order chi connectivity index (χ1) is 8.08. The van der Waals surface area contributed by atoms with Crippen LogP contribution in [0.15, 0.2) is 18.2 Å². The minimum Gasteiger partial charge on any atom is -0.302 e. The van der Waals surface area contributed by atoms with E-state index in [9.17, 15) is 28.1 Å². The number of hydrogen-bond acceptors (Lipinski definition) is 3. The number of halogens is 3. The summed E-state index contributed by atoms with van der Waals surface area (Å²) < 4.78 is 37.8. The average molecular weight is 261 g/mol. The summed E-state index contributed by atoms with van der Waals surface area (Å²) in [5.41, 5.74) is -3.08. The standard InChI is InChI=1S/C11H10F3NO3/c1-10(2,6-16)7-3-8(11(12,13)14)5-9(4-7)15(17)18/h3-6H,1-2H3. The molecule has 0 aliphatic rings. The third-order valence-corrected chi connectivity index (χ3v) is 2.49. The number of aldehydes is 1. The molecule has 18 heavy (non-hydrogen) atoms. The van der Waals surface area contributed by atoms with Gasteiger partial charge in [-0.05, 0) is 25.5 Å². The van der Waals surface area contributed by atoms with Gasteiger partial charge in [0.2, 0.25) is 0 Å². The van der Waals surface area contributed by atoms with E-state index in [-0.39, 0.29) is 5.56 Å². The van der Waals surface area contributed by atoms with Gasteiger partial charge in [0.1, 0.15) is 6.29 Å². The van der Waals surface area contributed by atoms with Crippen LogP contribution in [0.5, 0.6) is 0 Å². The number of alkyl halides is 3. The second-order valence-electron chi connectivity index (χ2n) is 4.36. The summed E-state index contributed by atoms with van der Waals surface area (Å²) >= 11 is 0. The number of nitrogens with zero attached hydrogens (tertiary/aromatic N) is 1. The molecule has 0 aliphatic heterocycles. The molecule has 0 aromatic heterocycles. The molecule has 0 spiro atoms. The maximum Gasteiger partial charge on any atom is 0.416 e. The Bertz CT molecular complexity index is 495.